The lowest BCUT2D eigenvalue weighted by atomic mass is 9.66. The van der Waals surface area contributed by atoms with Gasteiger partial charge in [0.2, 0.25) is 10.0 Å². The molecule has 0 saturated heterocycles. The third-order valence-corrected chi connectivity index (χ3v) is 4.71. The predicted octanol–water partition coefficient (Wildman–Crippen LogP) is 2.85. The van der Waals surface area contributed by atoms with Crippen molar-refractivity contribution in [1.82, 2.24) is 0 Å². The van der Waals surface area contributed by atoms with Gasteiger partial charge in [-0.25, -0.2) is 8.42 Å². The number of para-hydroxylation sites is 1. The molecule has 1 aliphatic rings. The minimum Gasteiger partial charge on any atom is -0.299 e. The van der Waals surface area contributed by atoms with Gasteiger partial charge < -0.3 is 0 Å². The van der Waals surface area contributed by atoms with Crippen LogP contribution >= 0.6 is 0 Å². The van der Waals surface area contributed by atoms with Gasteiger partial charge in [-0.3, -0.25) is 9.52 Å². The summed E-state index contributed by atoms with van der Waals surface area (Å²) in [6.45, 7) is 1.61. The fourth-order valence-corrected chi connectivity index (χ4v) is 3.73. The molecule has 5 heteroatoms. The second kappa shape index (κ2) is 5.56. The van der Waals surface area contributed by atoms with Crippen LogP contribution in [0.5, 0.6) is 0 Å². The summed E-state index contributed by atoms with van der Waals surface area (Å²) in [7, 11) is -3.35. The van der Waals surface area contributed by atoms with Crippen molar-refractivity contribution in [3.05, 3.63) is 29.8 Å². The maximum absolute atomic E-state index is 12.3. The van der Waals surface area contributed by atoms with Gasteiger partial charge in [-0.05, 0) is 31.4 Å². The highest BCUT2D eigenvalue weighted by atomic mass is 32.2. The molecule has 1 N–H and O–H groups in total. The third kappa shape index (κ3) is 3.03. The molecule has 110 valence electrons. The third-order valence-electron chi connectivity index (χ3n) is 4.12. The van der Waals surface area contributed by atoms with Gasteiger partial charge in [0.05, 0.1) is 17.4 Å². The minimum absolute atomic E-state index is 0.125. The summed E-state index contributed by atoms with van der Waals surface area (Å²) in [5.74, 6) is 0.125. The Morgan fingerprint density at radius 3 is 2.30 bits per heavy atom. The van der Waals surface area contributed by atoms with E-state index in [1.807, 2.05) is 12.1 Å². The highest BCUT2D eigenvalue weighted by Gasteiger charge is 2.40. The van der Waals surface area contributed by atoms with Gasteiger partial charge in [-0.1, -0.05) is 37.5 Å². The first-order valence-electron chi connectivity index (χ1n) is 6.93. The molecular formula is C15H21NO3S. The van der Waals surface area contributed by atoms with E-state index in [2.05, 4.69) is 4.72 Å². The van der Waals surface area contributed by atoms with Crippen molar-refractivity contribution >= 4 is 21.5 Å². The average Bonchev–Trinajstić information content (AvgIpc) is 2.38. The number of nitrogens with one attached hydrogen (secondary N) is 1. The zero-order valence-corrected chi connectivity index (χ0v) is 12.8. The Labute approximate surface area is 120 Å². The second-order valence-corrected chi connectivity index (χ2v) is 7.37. The number of ketones is 1. The van der Waals surface area contributed by atoms with E-state index >= 15 is 0 Å². The van der Waals surface area contributed by atoms with Crippen LogP contribution in [-0.2, 0) is 20.2 Å². The van der Waals surface area contributed by atoms with Crippen LogP contribution in [0.2, 0.25) is 0 Å². The topological polar surface area (TPSA) is 63.2 Å². The maximum Gasteiger partial charge on any atom is 0.229 e. The number of hydrogen-bond donors (Lipinski definition) is 1. The number of rotatable bonds is 4. The summed E-state index contributed by atoms with van der Waals surface area (Å²) in [5, 5.41) is 0. The number of carbonyl (C=O) groups is 1. The van der Waals surface area contributed by atoms with Gasteiger partial charge in [-0.15, -0.1) is 0 Å². The molecule has 1 aromatic carbocycles. The molecule has 0 unspecified atom stereocenters. The fraction of sp³-hybridized carbons (Fsp3) is 0.533. The van der Waals surface area contributed by atoms with Crippen LogP contribution in [0.4, 0.5) is 5.69 Å². The Kier molecular flexibility index (Phi) is 4.18. The molecule has 0 heterocycles. The summed E-state index contributed by atoms with van der Waals surface area (Å²) < 4.78 is 25.6. The van der Waals surface area contributed by atoms with E-state index in [4.69, 9.17) is 0 Å². The van der Waals surface area contributed by atoms with Crippen molar-refractivity contribution in [3.8, 4) is 0 Å². The summed E-state index contributed by atoms with van der Waals surface area (Å²) in [4.78, 5) is 12.3. The first-order chi connectivity index (χ1) is 9.35. The monoisotopic (exact) mass is 295 g/mol. The summed E-state index contributed by atoms with van der Waals surface area (Å²) in [6, 6.07) is 7.26. The van der Waals surface area contributed by atoms with Crippen molar-refractivity contribution in [3.63, 3.8) is 0 Å². The number of hydrogen-bond acceptors (Lipinski definition) is 3. The molecule has 0 spiro atoms. The molecule has 1 saturated carbocycles. The number of Topliss-reactive ketones (excluding diaryl/α,β-unsaturated/α-hetero) is 1. The van der Waals surface area contributed by atoms with Gasteiger partial charge >= 0.3 is 0 Å². The molecule has 0 aliphatic heterocycles. The molecule has 0 bridgehead atoms. The molecule has 4 nitrogen and oxygen atoms in total. The second-order valence-electron chi connectivity index (χ2n) is 5.62. The molecule has 1 aliphatic carbocycles. The number of anilines is 1. The molecule has 20 heavy (non-hydrogen) atoms. The van der Waals surface area contributed by atoms with E-state index < -0.39 is 15.4 Å². The van der Waals surface area contributed by atoms with Crippen molar-refractivity contribution in [1.29, 1.82) is 0 Å². The van der Waals surface area contributed by atoms with E-state index in [1.165, 1.54) is 0 Å². The lowest BCUT2D eigenvalue weighted by Gasteiger charge is -2.36. The SMILES string of the molecule is CC(=O)C1(c2ccccc2NS(C)(=O)=O)CCCCC1. The lowest BCUT2D eigenvalue weighted by molar-refractivity contribution is -0.123. The zero-order valence-electron chi connectivity index (χ0n) is 12.0. The van der Waals surface area contributed by atoms with Gasteiger partial charge in [0, 0.05) is 0 Å². The van der Waals surface area contributed by atoms with Gasteiger partial charge in [0.15, 0.2) is 0 Å². The molecule has 0 aromatic heterocycles. The van der Waals surface area contributed by atoms with Crippen LogP contribution in [0.25, 0.3) is 0 Å². The standard InChI is InChI=1S/C15H21NO3S/c1-12(17)15(10-6-3-7-11-15)13-8-4-5-9-14(13)16-20(2,18)19/h4-5,8-9,16H,3,6-7,10-11H2,1-2H3. The van der Waals surface area contributed by atoms with Gasteiger partial charge in [0.25, 0.3) is 0 Å². The van der Waals surface area contributed by atoms with E-state index in [-0.39, 0.29) is 5.78 Å². The first kappa shape index (κ1) is 15.0. The molecule has 1 fully saturated rings. The molecule has 1 aromatic rings. The van der Waals surface area contributed by atoms with Crippen LogP contribution in [0.1, 0.15) is 44.6 Å². The number of carbonyl (C=O) groups excluding carboxylic acids is 1. The first-order valence-corrected chi connectivity index (χ1v) is 8.83. The zero-order chi connectivity index (χ0) is 14.8. The van der Waals surface area contributed by atoms with Gasteiger partial charge in [-0.2, -0.15) is 0 Å². The summed E-state index contributed by atoms with van der Waals surface area (Å²) >= 11 is 0. The average molecular weight is 295 g/mol. The van der Waals surface area contributed by atoms with Crippen molar-refractivity contribution < 1.29 is 13.2 Å². The maximum atomic E-state index is 12.3. The number of benzene rings is 1. The Morgan fingerprint density at radius 2 is 1.75 bits per heavy atom. The summed E-state index contributed by atoms with van der Waals surface area (Å²) in [6.07, 6.45) is 5.87. The molecule has 0 amide bonds. The fourth-order valence-electron chi connectivity index (χ4n) is 3.16. The molecule has 0 radical (unpaired) electrons. The van der Waals surface area contributed by atoms with Crippen LogP contribution in [0, 0.1) is 0 Å². The molecular weight excluding hydrogens is 274 g/mol. The number of sulfonamides is 1. The van der Waals surface area contributed by atoms with Gasteiger partial charge in [0.1, 0.15) is 5.78 Å². The van der Waals surface area contributed by atoms with Crippen molar-refractivity contribution in [2.45, 2.75) is 44.4 Å². The lowest BCUT2D eigenvalue weighted by Crippen LogP contribution is -2.37. The highest BCUT2D eigenvalue weighted by Crippen LogP contribution is 2.43. The van der Waals surface area contributed by atoms with Crippen LogP contribution in [-0.4, -0.2) is 20.5 Å². The quantitative estimate of drug-likeness (QED) is 0.929. The minimum atomic E-state index is -3.35. The van der Waals surface area contributed by atoms with Crippen LogP contribution in [0.15, 0.2) is 24.3 Å². The van der Waals surface area contributed by atoms with Crippen LogP contribution < -0.4 is 4.72 Å². The Bertz CT molecular complexity index is 601. The normalized spacial score (nSPS) is 18.5. The largest absolute Gasteiger partial charge is 0.299 e. The van der Waals surface area contributed by atoms with Crippen LogP contribution in [0.3, 0.4) is 0 Å². The summed E-state index contributed by atoms with van der Waals surface area (Å²) in [5.41, 5.74) is 0.816. The molecule has 0 atom stereocenters. The Balaban J connectivity index is 2.51. The predicted molar refractivity (Wildman–Crippen MR) is 80.4 cm³/mol. The van der Waals surface area contributed by atoms with Crippen molar-refractivity contribution in [2.24, 2.45) is 0 Å². The smallest absolute Gasteiger partial charge is 0.229 e. The van der Waals surface area contributed by atoms with E-state index in [1.54, 1.807) is 19.1 Å². The van der Waals surface area contributed by atoms with E-state index in [9.17, 15) is 13.2 Å². The van der Waals surface area contributed by atoms with E-state index in [0.717, 1.165) is 43.9 Å². The Morgan fingerprint density at radius 1 is 1.15 bits per heavy atom. The molecule has 2 rings (SSSR count). The van der Waals surface area contributed by atoms with E-state index in [0.29, 0.717) is 5.69 Å². The Hall–Kier alpha value is -1.36. The van der Waals surface area contributed by atoms with Crippen molar-refractivity contribution in [2.75, 3.05) is 11.0 Å². The highest BCUT2D eigenvalue weighted by molar-refractivity contribution is 7.92.